The fraction of sp³-hybridized carbons (Fsp3) is 0.250. The van der Waals surface area contributed by atoms with Crippen LogP contribution in [-0.4, -0.2) is 9.55 Å². The first-order valence-electron chi connectivity index (χ1n) is 5.02. The number of nitrogens with two attached hydrogens (primary N) is 1. The van der Waals surface area contributed by atoms with Crippen LogP contribution in [0.5, 0.6) is 0 Å². The molecule has 2 rings (SSSR count). The van der Waals surface area contributed by atoms with Gasteiger partial charge in [0.05, 0.1) is 11.7 Å². The van der Waals surface area contributed by atoms with Gasteiger partial charge in [-0.3, -0.25) is 0 Å². The lowest BCUT2D eigenvalue weighted by Crippen LogP contribution is -2.10. The number of imidazole rings is 1. The van der Waals surface area contributed by atoms with Crippen LogP contribution >= 0.6 is 0 Å². The van der Waals surface area contributed by atoms with E-state index in [9.17, 15) is 0 Å². The number of nitrogens with zero attached hydrogens (tertiary/aromatic N) is 2. The van der Waals surface area contributed by atoms with E-state index in [1.807, 2.05) is 55.1 Å². The maximum atomic E-state index is 5.82. The Kier molecular flexibility index (Phi) is 2.56. The molecule has 15 heavy (non-hydrogen) atoms. The summed E-state index contributed by atoms with van der Waals surface area (Å²) < 4.78 is 1.98. The molecule has 0 radical (unpaired) electrons. The van der Waals surface area contributed by atoms with Crippen LogP contribution in [0.15, 0.2) is 36.5 Å². The zero-order valence-electron chi connectivity index (χ0n) is 9.01. The molecule has 3 heteroatoms. The molecule has 1 aromatic carbocycles. The van der Waals surface area contributed by atoms with Crippen molar-refractivity contribution >= 4 is 0 Å². The van der Waals surface area contributed by atoms with E-state index in [1.54, 1.807) is 0 Å². The van der Waals surface area contributed by atoms with Gasteiger partial charge < -0.3 is 10.3 Å². The minimum absolute atomic E-state index is 0.0348. The Morgan fingerprint density at radius 1 is 1.27 bits per heavy atom. The van der Waals surface area contributed by atoms with Gasteiger partial charge in [-0.05, 0) is 6.92 Å². The van der Waals surface area contributed by atoms with Gasteiger partial charge in [-0.2, -0.15) is 0 Å². The van der Waals surface area contributed by atoms with Gasteiger partial charge in [0.2, 0.25) is 0 Å². The summed E-state index contributed by atoms with van der Waals surface area (Å²) >= 11 is 0. The van der Waals surface area contributed by atoms with Crippen molar-refractivity contribution in [1.82, 2.24) is 9.55 Å². The predicted octanol–water partition coefficient (Wildman–Crippen LogP) is 2.11. The van der Waals surface area contributed by atoms with E-state index in [0.717, 1.165) is 17.1 Å². The van der Waals surface area contributed by atoms with Gasteiger partial charge in [-0.1, -0.05) is 30.3 Å². The maximum absolute atomic E-state index is 5.82. The minimum atomic E-state index is -0.0348. The Morgan fingerprint density at radius 3 is 2.47 bits per heavy atom. The first kappa shape index (κ1) is 9.93. The van der Waals surface area contributed by atoms with Crippen molar-refractivity contribution in [3.8, 4) is 11.3 Å². The van der Waals surface area contributed by atoms with Crippen molar-refractivity contribution in [3.63, 3.8) is 0 Å². The first-order chi connectivity index (χ1) is 7.18. The maximum Gasteiger partial charge on any atom is 0.125 e. The van der Waals surface area contributed by atoms with E-state index in [-0.39, 0.29) is 6.04 Å². The number of aryl methyl sites for hydroxylation is 1. The monoisotopic (exact) mass is 201 g/mol. The molecule has 2 N–H and O–H groups in total. The van der Waals surface area contributed by atoms with Crippen molar-refractivity contribution in [2.75, 3.05) is 0 Å². The highest BCUT2D eigenvalue weighted by Crippen LogP contribution is 2.19. The standard InChI is InChI=1S/C12H15N3/c1-9(13)12-14-11(8-15(12)2)10-6-4-3-5-7-10/h3-9H,13H2,1-2H3/t9-/m0/s1. The van der Waals surface area contributed by atoms with E-state index in [2.05, 4.69) is 4.98 Å². The molecule has 0 amide bonds. The van der Waals surface area contributed by atoms with Crippen LogP contribution in [0.2, 0.25) is 0 Å². The van der Waals surface area contributed by atoms with Crippen molar-refractivity contribution in [2.45, 2.75) is 13.0 Å². The summed E-state index contributed by atoms with van der Waals surface area (Å²) in [6, 6.07) is 10.1. The molecule has 1 heterocycles. The lowest BCUT2D eigenvalue weighted by Gasteiger charge is -2.02. The third-order valence-corrected chi connectivity index (χ3v) is 2.39. The van der Waals surface area contributed by atoms with Crippen LogP contribution in [0.3, 0.4) is 0 Å². The second kappa shape index (κ2) is 3.87. The van der Waals surface area contributed by atoms with Crippen molar-refractivity contribution in [2.24, 2.45) is 12.8 Å². The molecule has 1 atom stereocenters. The SMILES string of the molecule is C[C@H](N)c1nc(-c2ccccc2)cn1C. The summed E-state index contributed by atoms with van der Waals surface area (Å²) in [7, 11) is 1.97. The van der Waals surface area contributed by atoms with E-state index in [0.29, 0.717) is 0 Å². The van der Waals surface area contributed by atoms with E-state index >= 15 is 0 Å². The molecule has 0 unspecified atom stereocenters. The van der Waals surface area contributed by atoms with Crippen molar-refractivity contribution < 1.29 is 0 Å². The molecule has 78 valence electrons. The zero-order valence-corrected chi connectivity index (χ0v) is 9.01. The largest absolute Gasteiger partial charge is 0.336 e. The van der Waals surface area contributed by atoms with Crippen molar-refractivity contribution in [3.05, 3.63) is 42.4 Å². The molecule has 0 spiro atoms. The highest BCUT2D eigenvalue weighted by molar-refractivity contribution is 5.58. The van der Waals surface area contributed by atoms with Crippen LogP contribution in [-0.2, 0) is 7.05 Å². The lowest BCUT2D eigenvalue weighted by atomic mass is 10.2. The van der Waals surface area contributed by atoms with Crippen LogP contribution in [0.4, 0.5) is 0 Å². The van der Waals surface area contributed by atoms with Crippen LogP contribution in [0.1, 0.15) is 18.8 Å². The number of hydrogen-bond acceptors (Lipinski definition) is 2. The number of hydrogen-bond donors (Lipinski definition) is 1. The molecular formula is C12H15N3. The summed E-state index contributed by atoms with van der Waals surface area (Å²) in [5.41, 5.74) is 7.92. The topological polar surface area (TPSA) is 43.8 Å². The lowest BCUT2D eigenvalue weighted by molar-refractivity contribution is 0.686. The van der Waals surface area contributed by atoms with E-state index in [4.69, 9.17) is 5.73 Å². The Labute approximate surface area is 89.6 Å². The first-order valence-corrected chi connectivity index (χ1v) is 5.02. The molecule has 0 saturated heterocycles. The normalized spacial score (nSPS) is 12.7. The molecule has 0 aliphatic heterocycles. The number of benzene rings is 1. The van der Waals surface area contributed by atoms with Crippen LogP contribution < -0.4 is 5.73 Å². The fourth-order valence-corrected chi connectivity index (χ4v) is 1.65. The summed E-state index contributed by atoms with van der Waals surface area (Å²) in [4.78, 5) is 4.52. The zero-order chi connectivity index (χ0) is 10.8. The molecule has 0 fully saturated rings. The Morgan fingerprint density at radius 2 is 1.93 bits per heavy atom. The smallest absolute Gasteiger partial charge is 0.125 e. The minimum Gasteiger partial charge on any atom is -0.336 e. The van der Waals surface area contributed by atoms with Gasteiger partial charge in [-0.25, -0.2) is 4.98 Å². The quantitative estimate of drug-likeness (QED) is 0.808. The molecule has 0 bridgehead atoms. The van der Waals surface area contributed by atoms with Gasteiger partial charge in [0, 0.05) is 18.8 Å². The average molecular weight is 201 g/mol. The molecule has 0 saturated carbocycles. The molecule has 2 aromatic rings. The summed E-state index contributed by atoms with van der Waals surface area (Å²) in [6.45, 7) is 1.94. The molecule has 0 aliphatic rings. The number of aromatic nitrogens is 2. The Hall–Kier alpha value is -1.61. The Balaban J connectivity index is 2.43. The van der Waals surface area contributed by atoms with E-state index in [1.165, 1.54) is 0 Å². The summed E-state index contributed by atoms with van der Waals surface area (Å²) in [5, 5.41) is 0. The van der Waals surface area contributed by atoms with Gasteiger partial charge in [-0.15, -0.1) is 0 Å². The van der Waals surface area contributed by atoms with E-state index < -0.39 is 0 Å². The highest BCUT2D eigenvalue weighted by Gasteiger charge is 2.09. The summed E-state index contributed by atoms with van der Waals surface area (Å²) in [6.07, 6.45) is 2.01. The van der Waals surface area contributed by atoms with Crippen molar-refractivity contribution in [1.29, 1.82) is 0 Å². The van der Waals surface area contributed by atoms with Gasteiger partial charge in [0.25, 0.3) is 0 Å². The molecule has 0 aliphatic carbocycles. The predicted molar refractivity (Wildman–Crippen MR) is 61.2 cm³/mol. The summed E-state index contributed by atoms with van der Waals surface area (Å²) in [5.74, 6) is 0.911. The molecular weight excluding hydrogens is 186 g/mol. The van der Waals surface area contributed by atoms with Gasteiger partial charge in [0.15, 0.2) is 0 Å². The number of rotatable bonds is 2. The fourth-order valence-electron chi connectivity index (χ4n) is 1.65. The average Bonchev–Trinajstić information content (AvgIpc) is 2.62. The third-order valence-electron chi connectivity index (χ3n) is 2.39. The van der Waals surface area contributed by atoms with Gasteiger partial charge in [0.1, 0.15) is 5.82 Å². The third kappa shape index (κ3) is 1.92. The molecule has 3 nitrogen and oxygen atoms in total. The van der Waals surface area contributed by atoms with Crippen LogP contribution in [0.25, 0.3) is 11.3 Å². The van der Waals surface area contributed by atoms with Crippen LogP contribution in [0, 0.1) is 0 Å². The van der Waals surface area contributed by atoms with Gasteiger partial charge >= 0.3 is 0 Å². The second-order valence-corrected chi connectivity index (χ2v) is 3.75. The highest BCUT2D eigenvalue weighted by atomic mass is 15.1. The Bertz CT molecular complexity index is 443. The second-order valence-electron chi connectivity index (χ2n) is 3.75. The molecule has 1 aromatic heterocycles.